The molecule has 0 saturated heterocycles. The Morgan fingerprint density at radius 3 is 2.96 bits per heavy atom. The third-order valence-electron chi connectivity index (χ3n) is 6.10. The summed E-state index contributed by atoms with van der Waals surface area (Å²) in [6.07, 6.45) is 9.51. The molecule has 1 aliphatic heterocycles. The summed E-state index contributed by atoms with van der Waals surface area (Å²) in [5.74, 6) is -0.245. The van der Waals surface area contributed by atoms with Gasteiger partial charge in [-0.25, -0.2) is 4.79 Å². The fourth-order valence-electron chi connectivity index (χ4n) is 4.59. The van der Waals surface area contributed by atoms with Crippen molar-refractivity contribution >= 4 is 5.97 Å². The zero-order chi connectivity index (χ0) is 18.4. The van der Waals surface area contributed by atoms with Gasteiger partial charge in [-0.15, -0.1) is 0 Å². The minimum Gasteiger partial charge on any atom is -0.454 e. The molecule has 142 valence electrons. The van der Waals surface area contributed by atoms with Crippen molar-refractivity contribution in [2.24, 2.45) is 5.73 Å². The maximum atomic E-state index is 12.7. The Labute approximate surface area is 158 Å². The van der Waals surface area contributed by atoms with Crippen LogP contribution in [0.3, 0.4) is 0 Å². The summed E-state index contributed by atoms with van der Waals surface area (Å²) in [7, 11) is 0. The molecule has 0 aromatic carbocycles. The third kappa shape index (κ3) is 3.04. The molecule has 3 heterocycles. The van der Waals surface area contributed by atoms with Crippen LogP contribution in [0.5, 0.6) is 0 Å². The number of aromatic nitrogens is 3. The van der Waals surface area contributed by atoms with E-state index in [1.807, 2.05) is 16.9 Å². The number of cyclic esters (lactones) is 1. The highest BCUT2D eigenvalue weighted by Gasteiger charge is 2.35. The van der Waals surface area contributed by atoms with Gasteiger partial charge >= 0.3 is 5.97 Å². The van der Waals surface area contributed by atoms with E-state index in [4.69, 9.17) is 15.6 Å². The first kappa shape index (κ1) is 16.9. The molecular formula is C20H25N5O2. The standard InChI is InChI=1S/C20H25N5O2/c21-13-2-4-14(5-3-13)23-10-15-11-25-19(20(26)27-15)17-6-1-12-9-22-8-7-16(12)18(17)24-25/h7-9,13-15,23H,1-6,10-11,21H2. The lowest BCUT2D eigenvalue weighted by Crippen LogP contribution is -2.44. The van der Waals surface area contributed by atoms with Crippen LogP contribution in [0.25, 0.3) is 11.3 Å². The number of carbonyl (C=O) groups is 1. The molecule has 1 saturated carbocycles. The van der Waals surface area contributed by atoms with Crippen molar-refractivity contribution < 1.29 is 9.53 Å². The number of fused-ring (bicyclic) bond motifs is 5. The summed E-state index contributed by atoms with van der Waals surface area (Å²) in [5.41, 5.74) is 10.8. The molecule has 27 heavy (non-hydrogen) atoms. The van der Waals surface area contributed by atoms with E-state index in [2.05, 4.69) is 10.3 Å². The van der Waals surface area contributed by atoms with E-state index in [0.717, 1.165) is 55.3 Å². The van der Waals surface area contributed by atoms with Gasteiger partial charge in [0.1, 0.15) is 11.8 Å². The second-order valence-corrected chi connectivity index (χ2v) is 7.94. The maximum Gasteiger partial charge on any atom is 0.357 e. The molecule has 0 amide bonds. The van der Waals surface area contributed by atoms with Crippen LogP contribution < -0.4 is 11.1 Å². The Bertz CT molecular complexity index is 869. The van der Waals surface area contributed by atoms with Crippen molar-refractivity contribution in [2.45, 2.75) is 63.3 Å². The second-order valence-electron chi connectivity index (χ2n) is 7.94. The number of nitrogens with one attached hydrogen (secondary N) is 1. The van der Waals surface area contributed by atoms with Gasteiger partial charge in [0, 0.05) is 42.1 Å². The minimum atomic E-state index is -0.245. The molecule has 1 atom stereocenters. The molecule has 2 aromatic heterocycles. The van der Waals surface area contributed by atoms with Crippen LogP contribution in [0.2, 0.25) is 0 Å². The van der Waals surface area contributed by atoms with Crippen LogP contribution in [0.4, 0.5) is 0 Å². The smallest absolute Gasteiger partial charge is 0.357 e. The lowest BCUT2D eigenvalue weighted by molar-refractivity contribution is 0.0135. The number of aryl methyl sites for hydroxylation is 1. The van der Waals surface area contributed by atoms with Crippen LogP contribution in [0.15, 0.2) is 18.5 Å². The van der Waals surface area contributed by atoms with Gasteiger partial charge in [0.15, 0.2) is 0 Å². The number of nitrogens with two attached hydrogens (primary N) is 1. The van der Waals surface area contributed by atoms with E-state index < -0.39 is 0 Å². The Hall–Kier alpha value is -2.25. The van der Waals surface area contributed by atoms with Crippen LogP contribution in [-0.4, -0.2) is 45.5 Å². The molecule has 1 unspecified atom stereocenters. The SMILES string of the molecule is NC1CCC(NCC2Cn3nc4c(c3C(=O)O2)CCc2cnccc2-4)CC1. The molecular weight excluding hydrogens is 342 g/mol. The van der Waals surface area contributed by atoms with Crippen molar-refractivity contribution in [2.75, 3.05) is 6.54 Å². The lowest BCUT2D eigenvalue weighted by atomic mass is 9.90. The Morgan fingerprint density at radius 1 is 1.26 bits per heavy atom. The van der Waals surface area contributed by atoms with Gasteiger partial charge in [-0.3, -0.25) is 9.67 Å². The van der Waals surface area contributed by atoms with Crippen molar-refractivity contribution in [3.05, 3.63) is 35.3 Å². The van der Waals surface area contributed by atoms with E-state index in [1.54, 1.807) is 6.20 Å². The first-order valence-electron chi connectivity index (χ1n) is 9.92. The Balaban J connectivity index is 1.33. The fraction of sp³-hybridized carbons (Fsp3) is 0.550. The van der Waals surface area contributed by atoms with Crippen LogP contribution in [0.1, 0.15) is 47.3 Å². The molecule has 7 heteroatoms. The molecule has 2 aromatic rings. The number of hydrogen-bond acceptors (Lipinski definition) is 6. The average molecular weight is 367 g/mol. The molecule has 7 nitrogen and oxygen atoms in total. The first-order valence-corrected chi connectivity index (χ1v) is 9.92. The van der Waals surface area contributed by atoms with E-state index in [-0.39, 0.29) is 12.1 Å². The Morgan fingerprint density at radius 2 is 2.11 bits per heavy atom. The summed E-state index contributed by atoms with van der Waals surface area (Å²) in [4.78, 5) is 16.9. The van der Waals surface area contributed by atoms with E-state index in [0.29, 0.717) is 30.9 Å². The number of carbonyl (C=O) groups excluding carboxylic acids is 1. The fourth-order valence-corrected chi connectivity index (χ4v) is 4.59. The van der Waals surface area contributed by atoms with Gasteiger partial charge in [-0.05, 0) is 50.2 Å². The molecule has 0 radical (unpaired) electrons. The first-order chi connectivity index (χ1) is 13.2. The van der Waals surface area contributed by atoms with Gasteiger partial charge < -0.3 is 15.8 Å². The van der Waals surface area contributed by atoms with E-state index >= 15 is 0 Å². The van der Waals surface area contributed by atoms with Gasteiger partial charge in [0.25, 0.3) is 0 Å². The minimum absolute atomic E-state index is 0.182. The summed E-state index contributed by atoms with van der Waals surface area (Å²) >= 11 is 0. The highest BCUT2D eigenvalue weighted by atomic mass is 16.5. The molecule has 0 bridgehead atoms. The normalized spacial score (nSPS) is 26.7. The third-order valence-corrected chi connectivity index (χ3v) is 6.10. The van der Waals surface area contributed by atoms with Gasteiger partial charge in [-0.2, -0.15) is 5.10 Å². The number of ether oxygens (including phenoxy) is 1. The molecule has 3 aliphatic rings. The molecule has 0 spiro atoms. The number of pyridine rings is 1. The van der Waals surface area contributed by atoms with Crippen LogP contribution in [0, 0.1) is 0 Å². The number of hydrogen-bond donors (Lipinski definition) is 2. The van der Waals surface area contributed by atoms with Gasteiger partial charge in [0.2, 0.25) is 0 Å². The van der Waals surface area contributed by atoms with Crippen molar-refractivity contribution in [1.29, 1.82) is 0 Å². The summed E-state index contributed by atoms with van der Waals surface area (Å²) in [6, 6.07) is 2.80. The van der Waals surface area contributed by atoms with Gasteiger partial charge in [0.05, 0.1) is 12.2 Å². The number of rotatable bonds is 3. The topological polar surface area (TPSA) is 95.1 Å². The number of esters is 1. The summed E-state index contributed by atoms with van der Waals surface area (Å²) in [5, 5.41) is 8.34. The molecule has 3 N–H and O–H groups in total. The largest absolute Gasteiger partial charge is 0.454 e. The average Bonchev–Trinajstić information content (AvgIpc) is 3.07. The highest BCUT2D eigenvalue weighted by molar-refractivity contribution is 5.93. The molecule has 1 fully saturated rings. The van der Waals surface area contributed by atoms with Crippen molar-refractivity contribution in [3.63, 3.8) is 0 Å². The summed E-state index contributed by atoms with van der Waals surface area (Å²) in [6.45, 7) is 1.27. The quantitative estimate of drug-likeness (QED) is 0.797. The molecule has 5 rings (SSSR count). The van der Waals surface area contributed by atoms with Crippen LogP contribution >= 0.6 is 0 Å². The van der Waals surface area contributed by atoms with Crippen LogP contribution in [-0.2, 0) is 24.1 Å². The van der Waals surface area contributed by atoms with E-state index in [9.17, 15) is 4.79 Å². The predicted octanol–water partition coefficient (Wildman–Crippen LogP) is 1.44. The van der Waals surface area contributed by atoms with E-state index in [1.165, 1.54) is 5.56 Å². The Kier molecular flexibility index (Phi) is 4.21. The zero-order valence-corrected chi connectivity index (χ0v) is 15.4. The number of nitrogens with zero attached hydrogens (tertiary/aromatic N) is 3. The summed E-state index contributed by atoms with van der Waals surface area (Å²) < 4.78 is 7.59. The zero-order valence-electron chi connectivity index (χ0n) is 15.4. The monoisotopic (exact) mass is 367 g/mol. The maximum absolute atomic E-state index is 12.7. The predicted molar refractivity (Wildman–Crippen MR) is 100 cm³/mol. The van der Waals surface area contributed by atoms with Gasteiger partial charge in [-0.1, -0.05) is 0 Å². The lowest BCUT2D eigenvalue weighted by Gasteiger charge is -2.30. The second kappa shape index (κ2) is 6.73. The van der Waals surface area contributed by atoms with Crippen molar-refractivity contribution in [1.82, 2.24) is 20.1 Å². The molecule has 2 aliphatic carbocycles. The van der Waals surface area contributed by atoms with Crippen molar-refractivity contribution in [3.8, 4) is 11.3 Å². The highest BCUT2D eigenvalue weighted by Crippen LogP contribution is 2.35.